The van der Waals surface area contributed by atoms with Crippen LogP contribution in [0, 0.1) is 11.3 Å². The maximum absolute atomic E-state index is 3.70. The van der Waals surface area contributed by atoms with Crippen molar-refractivity contribution in [2.24, 2.45) is 11.3 Å². The molecule has 1 saturated carbocycles. The summed E-state index contributed by atoms with van der Waals surface area (Å²) >= 11 is 2.01. The summed E-state index contributed by atoms with van der Waals surface area (Å²) in [4.78, 5) is 0. The third-order valence-corrected chi connectivity index (χ3v) is 4.42. The predicted molar refractivity (Wildman–Crippen MR) is 76.2 cm³/mol. The van der Waals surface area contributed by atoms with Crippen LogP contribution < -0.4 is 5.32 Å². The van der Waals surface area contributed by atoms with Crippen molar-refractivity contribution < 1.29 is 0 Å². The van der Waals surface area contributed by atoms with Crippen LogP contribution in [0.25, 0.3) is 0 Å². The van der Waals surface area contributed by atoms with Crippen molar-refractivity contribution in [2.45, 2.75) is 52.4 Å². The molecule has 16 heavy (non-hydrogen) atoms. The van der Waals surface area contributed by atoms with Crippen molar-refractivity contribution in [1.29, 1.82) is 0 Å². The first-order valence-corrected chi connectivity index (χ1v) is 8.28. The summed E-state index contributed by atoms with van der Waals surface area (Å²) in [6.45, 7) is 7.03. The molecule has 2 heteroatoms. The monoisotopic (exact) mass is 243 g/mol. The summed E-state index contributed by atoms with van der Waals surface area (Å²) in [6, 6.07) is 0. The summed E-state index contributed by atoms with van der Waals surface area (Å²) in [5, 5.41) is 3.70. The Morgan fingerprint density at radius 1 is 1.19 bits per heavy atom. The van der Waals surface area contributed by atoms with Crippen LogP contribution in [0.2, 0.25) is 0 Å². The second kappa shape index (κ2) is 7.60. The Bertz CT molecular complexity index is 174. The second-order valence-corrected chi connectivity index (χ2v) is 6.81. The van der Waals surface area contributed by atoms with Crippen molar-refractivity contribution in [1.82, 2.24) is 5.32 Å². The lowest BCUT2D eigenvalue weighted by atomic mass is 9.72. The molecule has 0 spiro atoms. The molecule has 0 aromatic carbocycles. The molecular weight excluding hydrogens is 214 g/mol. The molecule has 96 valence electrons. The van der Waals surface area contributed by atoms with Gasteiger partial charge in [0.2, 0.25) is 0 Å². The molecule has 1 fully saturated rings. The average Bonchev–Trinajstić information content (AvgIpc) is 2.27. The van der Waals surface area contributed by atoms with E-state index in [1.807, 2.05) is 11.8 Å². The third-order valence-electron chi connectivity index (χ3n) is 3.80. The lowest BCUT2D eigenvalue weighted by Gasteiger charge is -2.38. The molecule has 1 aliphatic carbocycles. The molecule has 1 nitrogen and oxygen atoms in total. The van der Waals surface area contributed by atoms with Crippen LogP contribution in [0.5, 0.6) is 0 Å². The Balaban J connectivity index is 2.36. The van der Waals surface area contributed by atoms with Crippen LogP contribution in [0.1, 0.15) is 52.4 Å². The molecule has 0 heterocycles. The number of rotatable bonds is 7. The lowest BCUT2D eigenvalue weighted by Crippen LogP contribution is -2.38. The average molecular weight is 243 g/mol. The van der Waals surface area contributed by atoms with E-state index in [1.54, 1.807) is 0 Å². The largest absolute Gasteiger partial charge is 0.316 e. The van der Waals surface area contributed by atoms with E-state index in [0.717, 1.165) is 5.92 Å². The van der Waals surface area contributed by atoms with Gasteiger partial charge in [-0.1, -0.05) is 33.1 Å². The molecule has 0 saturated heterocycles. The first-order chi connectivity index (χ1) is 7.68. The Labute approximate surface area is 106 Å². The zero-order chi connectivity index (χ0) is 11.9. The molecule has 1 N–H and O–H groups in total. The van der Waals surface area contributed by atoms with E-state index in [1.165, 1.54) is 57.4 Å². The van der Waals surface area contributed by atoms with E-state index in [0.29, 0.717) is 5.41 Å². The van der Waals surface area contributed by atoms with Crippen molar-refractivity contribution in [3.63, 3.8) is 0 Å². The molecule has 1 rings (SSSR count). The fraction of sp³-hybridized carbons (Fsp3) is 1.00. The van der Waals surface area contributed by atoms with Crippen LogP contribution in [0.15, 0.2) is 0 Å². The molecule has 0 aliphatic heterocycles. The highest BCUT2D eigenvalue weighted by molar-refractivity contribution is 7.98. The van der Waals surface area contributed by atoms with E-state index in [-0.39, 0.29) is 0 Å². The molecule has 1 aliphatic rings. The normalized spacial score (nSPS) is 20.2. The zero-order valence-corrected chi connectivity index (χ0v) is 12.2. The highest BCUT2D eigenvalue weighted by Crippen LogP contribution is 2.39. The topological polar surface area (TPSA) is 12.0 Å². The van der Waals surface area contributed by atoms with Crippen LogP contribution in [0.4, 0.5) is 0 Å². The van der Waals surface area contributed by atoms with Gasteiger partial charge in [0.15, 0.2) is 0 Å². The van der Waals surface area contributed by atoms with Crippen molar-refractivity contribution in [2.75, 3.05) is 25.1 Å². The van der Waals surface area contributed by atoms with Gasteiger partial charge in [0.1, 0.15) is 0 Å². The van der Waals surface area contributed by atoms with E-state index >= 15 is 0 Å². The summed E-state index contributed by atoms with van der Waals surface area (Å²) < 4.78 is 0. The van der Waals surface area contributed by atoms with Crippen LogP contribution in [-0.4, -0.2) is 25.1 Å². The standard InChI is InChI=1S/C14H29NS/c1-13(2)11-15-12-14(9-10-16-3)7-5-4-6-8-14/h13,15H,4-12H2,1-3H3. The quantitative estimate of drug-likeness (QED) is 0.727. The Hall–Kier alpha value is 0.310. The zero-order valence-electron chi connectivity index (χ0n) is 11.3. The molecule has 0 bridgehead atoms. The molecule has 0 amide bonds. The number of thioether (sulfide) groups is 1. The van der Waals surface area contributed by atoms with Crippen LogP contribution in [-0.2, 0) is 0 Å². The van der Waals surface area contributed by atoms with Gasteiger partial charge in [-0.15, -0.1) is 0 Å². The molecule has 0 radical (unpaired) electrons. The summed E-state index contributed by atoms with van der Waals surface area (Å²) in [7, 11) is 0. The maximum atomic E-state index is 3.70. The van der Waals surface area contributed by atoms with Gasteiger partial charge in [-0.2, -0.15) is 11.8 Å². The molecule has 0 unspecified atom stereocenters. The Morgan fingerprint density at radius 2 is 1.88 bits per heavy atom. The maximum Gasteiger partial charge on any atom is 0.000821 e. The third kappa shape index (κ3) is 5.09. The number of hydrogen-bond donors (Lipinski definition) is 1. The predicted octanol–water partition coefficient (Wildman–Crippen LogP) is 3.94. The highest BCUT2D eigenvalue weighted by Gasteiger charge is 2.30. The van der Waals surface area contributed by atoms with E-state index < -0.39 is 0 Å². The number of hydrogen-bond acceptors (Lipinski definition) is 2. The smallest absolute Gasteiger partial charge is 0.000821 e. The SMILES string of the molecule is CSCCC1(CNCC(C)C)CCCCC1. The van der Waals surface area contributed by atoms with Gasteiger partial charge in [-0.25, -0.2) is 0 Å². The second-order valence-electron chi connectivity index (χ2n) is 5.83. The number of nitrogens with one attached hydrogen (secondary N) is 1. The molecular formula is C14H29NS. The van der Waals surface area contributed by atoms with Crippen molar-refractivity contribution in [3.05, 3.63) is 0 Å². The fourth-order valence-corrected chi connectivity index (χ4v) is 3.40. The molecule has 0 aromatic heterocycles. The van der Waals surface area contributed by atoms with Gasteiger partial charge in [0.05, 0.1) is 0 Å². The van der Waals surface area contributed by atoms with Gasteiger partial charge in [0.25, 0.3) is 0 Å². The first-order valence-electron chi connectivity index (χ1n) is 6.88. The van der Waals surface area contributed by atoms with E-state index in [9.17, 15) is 0 Å². The van der Waals surface area contributed by atoms with Gasteiger partial charge in [-0.05, 0) is 49.1 Å². The van der Waals surface area contributed by atoms with Gasteiger partial charge in [-0.3, -0.25) is 0 Å². The van der Waals surface area contributed by atoms with Gasteiger partial charge in [0, 0.05) is 6.54 Å². The van der Waals surface area contributed by atoms with Crippen molar-refractivity contribution in [3.8, 4) is 0 Å². The summed E-state index contributed by atoms with van der Waals surface area (Å²) in [5.74, 6) is 2.12. The first kappa shape index (κ1) is 14.4. The summed E-state index contributed by atoms with van der Waals surface area (Å²) in [6.07, 6.45) is 10.9. The van der Waals surface area contributed by atoms with Crippen LogP contribution >= 0.6 is 11.8 Å². The van der Waals surface area contributed by atoms with Crippen LogP contribution in [0.3, 0.4) is 0 Å². The highest BCUT2D eigenvalue weighted by atomic mass is 32.2. The molecule has 0 atom stereocenters. The molecule has 0 aromatic rings. The van der Waals surface area contributed by atoms with Gasteiger partial charge < -0.3 is 5.32 Å². The minimum absolute atomic E-state index is 0.635. The minimum Gasteiger partial charge on any atom is -0.316 e. The van der Waals surface area contributed by atoms with Gasteiger partial charge >= 0.3 is 0 Å². The Kier molecular flexibility index (Phi) is 6.83. The fourth-order valence-electron chi connectivity index (χ4n) is 2.76. The lowest BCUT2D eigenvalue weighted by molar-refractivity contribution is 0.174. The van der Waals surface area contributed by atoms with E-state index in [2.05, 4.69) is 25.4 Å². The minimum atomic E-state index is 0.635. The van der Waals surface area contributed by atoms with E-state index in [4.69, 9.17) is 0 Å². The Morgan fingerprint density at radius 3 is 2.44 bits per heavy atom. The van der Waals surface area contributed by atoms with Crippen molar-refractivity contribution >= 4 is 11.8 Å². The summed E-state index contributed by atoms with van der Waals surface area (Å²) in [5.41, 5.74) is 0.635.